The summed E-state index contributed by atoms with van der Waals surface area (Å²) in [5.74, 6) is 0.0442. The van der Waals surface area contributed by atoms with Crippen LogP contribution in [0.2, 0.25) is 10.0 Å². The Morgan fingerprint density at radius 1 is 1.07 bits per heavy atom. The van der Waals surface area contributed by atoms with Crippen molar-refractivity contribution in [2.75, 3.05) is 4.90 Å². The minimum absolute atomic E-state index is 0.146. The van der Waals surface area contributed by atoms with Gasteiger partial charge in [-0.3, -0.25) is 19.6 Å². The number of carbonyl (C=O) groups is 1. The Bertz CT molecular complexity index is 1310. The number of hydrogen-bond donors (Lipinski definition) is 1. The highest BCUT2D eigenvalue weighted by molar-refractivity contribution is 6.31. The number of aromatic amines is 1. The lowest BCUT2D eigenvalue weighted by Gasteiger charge is -2.20. The average Bonchev–Trinajstić information content (AvgIpc) is 3.15. The van der Waals surface area contributed by atoms with Crippen LogP contribution in [0.1, 0.15) is 27.2 Å². The Kier molecular flexibility index (Phi) is 5.32. The predicted molar refractivity (Wildman–Crippen MR) is 116 cm³/mol. The van der Waals surface area contributed by atoms with E-state index in [1.807, 2.05) is 18.2 Å². The molecule has 30 heavy (non-hydrogen) atoms. The fourth-order valence-corrected chi connectivity index (χ4v) is 3.32. The van der Waals surface area contributed by atoms with Crippen molar-refractivity contribution < 1.29 is 4.79 Å². The van der Waals surface area contributed by atoms with Gasteiger partial charge in [0.2, 0.25) is 5.95 Å². The number of carbonyl (C=O) groups excluding carboxylic acids is 1. The summed E-state index contributed by atoms with van der Waals surface area (Å²) in [5, 5.41) is 3.94. The summed E-state index contributed by atoms with van der Waals surface area (Å²) < 4.78 is 1.23. The zero-order valence-corrected chi connectivity index (χ0v) is 17.7. The number of benzene rings is 2. The molecular formula is C21H17Cl2N5O2. The third-order valence-corrected chi connectivity index (χ3v) is 5.45. The van der Waals surface area contributed by atoms with Gasteiger partial charge in [-0.25, -0.2) is 4.98 Å². The summed E-state index contributed by atoms with van der Waals surface area (Å²) in [6, 6.07) is 13.8. The first-order valence-corrected chi connectivity index (χ1v) is 9.87. The Labute approximate surface area is 181 Å². The quantitative estimate of drug-likeness (QED) is 0.514. The number of fused-ring (bicyclic) bond motifs is 1. The van der Waals surface area contributed by atoms with Crippen LogP contribution in [-0.2, 0) is 6.54 Å². The Morgan fingerprint density at radius 2 is 1.77 bits per heavy atom. The third-order valence-electron chi connectivity index (χ3n) is 4.83. The first-order valence-electron chi connectivity index (χ1n) is 9.12. The van der Waals surface area contributed by atoms with E-state index in [0.29, 0.717) is 26.9 Å². The average molecular weight is 442 g/mol. The minimum Gasteiger partial charge on any atom is -0.272 e. The number of rotatable bonds is 4. The number of nitrogens with one attached hydrogen (secondary N) is 1. The molecule has 0 aliphatic rings. The molecule has 0 unspecified atom stereocenters. The number of hydrogen-bond acceptors (Lipinski definition) is 4. The molecule has 0 radical (unpaired) electrons. The Balaban J connectivity index is 1.84. The van der Waals surface area contributed by atoms with Crippen LogP contribution in [0.15, 0.2) is 53.3 Å². The van der Waals surface area contributed by atoms with Gasteiger partial charge >= 0.3 is 0 Å². The van der Waals surface area contributed by atoms with E-state index in [9.17, 15) is 9.59 Å². The molecule has 1 N–H and O–H groups in total. The summed E-state index contributed by atoms with van der Waals surface area (Å²) in [5.41, 5.74) is 1.96. The molecule has 2 aromatic carbocycles. The topological polar surface area (TPSA) is 83.4 Å². The van der Waals surface area contributed by atoms with Crippen molar-refractivity contribution in [3.05, 3.63) is 91.3 Å². The van der Waals surface area contributed by atoms with E-state index >= 15 is 0 Å². The van der Waals surface area contributed by atoms with Crippen LogP contribution in [-0.4, -0.2) is 25.5 Å². The SMILES string of the molecule is Cc1nc2nc(N(Cc3ccccc3Cl)C(=O)c3ccc(Cl)cc3)[nH]n2c(=O)c1C. The van der Waals surface area contributed by atoms with Gasteiger partial charge in [0.25, 0.3) is 17.2 Å². The van der Waals surface area contributed by atoms with Crippen molar-refractivity contribution in [3.8, 4) is 0 Å². The normalized spacial score (nSPS) is 11.1. The number of nitrogens with zero attached hydrogens (tertiary/aromatic N) is 4. The third kappa shape index (κ3) is 3.69. The van der Waals surface area contributed by atoms with Crippen molar-refractivity contribution >= 4 is 40.8 Å². The lowest BCUT2D eigenvalue weighted by molar-refractivity contribution is 0.0983. The van der Waals surface area contributed by atoms with Gasteiger partial charge in [0, 0.05) is 26.9 Å². The fourth-order valence-electron chi connectivity index (χ4n) is 3.00. The molecule has 4 rings (SSSR count). The molecule has 0 saturated carbocycles. The molecule has 1 amide bonds. The number of H-pyrrole nitrogens is 1. The number of aryl methyl sites for hydroxylation is 1. The number of halogens is 2. The molecule has 0 saturated heterocycles. The summed E-state index contributed by atoms with van der Waals surface area (Å²) >= 11 is 12.3. The maximum Gasteiger partial charge on any atom is 0.277 e. The molecule has 0 aliphatic carbocycles. The van der Waals surface area contributed by atoms with Crippen LogP contribution in [0.3, 0.4) is 0 Å². The van der Waals surface area contributed by atoms with Crippen molar-refractivity contribution in [2.45, 2.75) is 20.4 Å². The second kappa shape index (κ2) is 7.93. The van der Waals surface area contributed by atoms with Crippen LogP contribution < -0.4 is 10.5 Å². The van der Waals surface area contributed by atoms with Gasteiger partial charge < -0.3 is 0 Å². The number of amides is 1. The van der Waals surface area contributed by atoms with Crippen LogP contribution in [0.25, 0.3) is 5.78 Å². The highest BCUT2D eigenvalue weighted by Crippen LogP contribution is 2.22. The van der Waals surface area contributed by atoms with Crippen molar-refractivity contribution in [1.82, 2.24) is 19.6 Å². The number of aromatic nitrogens is 4. The highest BCUT2D eigenvalue weighted by atomic mass is 35.5. The lowest BCUT2D eigenvalue weighted by Crippen LogP contribution is -2.31. The van der Waals surface area contributed by atoms with Crippen molar-refractivity contribution in [1.29, 1.82) is 0 Å². The first-order chi connectivity index (χ1) is 14.3. The van der Waals surface area contributed by atoms with Gasteiger partial charge in [-0.2, -0.15) is 9.50 Å². The van der Waals surface area contributed by atoms with E-state index < -0.39 is 0 Å². The van der Waals surface area contributed by atoms with E-state index in [-0.39, 0.29) is 29.7 Å². The molecule has 152 valence electrons. The van der Waals surface area contributed by atoms with Crippen molar-refractivity contribution in [3.63, 3.8) is 0 Å². The summed E-state index contributed by atoms with van der Waals surface area (Å²) in [6.45, 7) is 3.58. The highest BCUT2D eigenvalue weighted by Gasteiger charge is 2.23. The van der Waals surface area contributed by atoms with Gasteiger partial charge in [-0.15, -0.1) is 0 Å². The van der Waals surface area contributed by atoms with Gasteiger partial charge in [0.1, 0.15) is 0 Å². The maximum absolute atomic E-state index is 13.3. The predicted octanol–water partition coefficient (Wildman–Crippen LogP) is 4.19. The summed E-state index contributed by atoms with van der Waals surface area (Å²) in [6.07, 6.45) is 0. The molecule has 2 aromatic heterocycles. The molecule has 0 fully saturated rings. The zero-order valence-electron chi connectivity index (χ0n) is 16.2. The maximum atomic E-state index is 13.3. The molecule has 0 atom stereocenters. The van der Waals surface area contributed by atoms with Crippen LogP contribution in [0.4, 0.5) is 5.95 Å². The second-order valence-corrected chi connectivity index (χ2v) is 7.64. The van der Waals surface area contributed by atoms with E-state index in [4.69, 9.17) is 23.2 Å². The lowest BCUT2D eigenvalue weighted by atomic mass is 10.1. The van der Waals surface area contributed by atoms with Gasteiger partial charge in [0.05, 0.1) is 6.54 Å². The fraction of sp³-hybridized carbons (Fsp3) is 0.143. The molecule has 2 heterocycles. The summed E-state index contributed by atoms with van der Waals surface area (Å²) in [7, 11) is 0. The molecule has 4 aromatic rings. The minimum atomic E-state index is -0.327. The van der Waals surface area contributed by atoms with Crippen LogP contribution in [0, 0.1) is 13.8 Å². The van der Waals surface area contributed by atoms with Crippen molar-refractivity contribution in [2.24, 2.45) is 0 Å². The first kappa shape index (κ1) is 20.1. The smallest absolute Gasteiger partial charge is 0.272 e. The Hall–Kier alpha value is -3.16. The van der Waals surface area contributed by atoms with E-state index in [2.05, 4.69) is 15.1 Å². The van der Waals surface area contributed by atoms with Gasteiger partial charge in [-0.05, 0) is 49.7 Å². The van der Waals surface area contributed by atoms with Crippen LogP contribution >= 0.6 is 23.2 Å². The van der Waals surface area contributed by atoms with Gasteiger partial charge in [0.15, 0.2) is 0 Å². The molecule has 7 nitrogen and oxygen atoms in total. The molecule has 0 spiro atoms. The second-order valence-electron chi connectivity index (χ2n) is 6.80. The molecule has 0 aliphatic heterocycles. The zero-order chi connectivity index (χ0) is 21.4. The monoisotopic (exact) mass is 441 g/mol. The standard InChI is InChI=1S/C21H17Cl2N5O2/c1-12-13(2)24-20-25-21(26-28(20)18(12)29)27(11-15-5-3-4-6-17(15)23)19(30)14-7-9-16(22)10-8-14/h3-10H,11H2,1-2H3,(H,24,25,26). The molecule has 9 heteroatoms. The van der Waals surface area contributed by atoms with Crippen LogP contribution in [0.5, 0.6) is 0 Å². The Morgan fingerprint density at radius 3 is 2.47 bits per heavy atom. The number of anilines is 1. The van der Waals surface area contributed by atoms with E-state index in [1.165, 1.54) is 9.42 Å². The van der Waals surface area contributed by atoms with Gasteiger partial charge in [-0.1, -0.05) is 41.4 Å². The summed E-state index contributed by atoms with van der Waals surface area (Å²) in [4.78, 5) is 36.1. The molecular weight excluding hydrogens is 425 g/mol. The largest absolute Gasteiger partial charge is 0.277 e. The van der Waals surface area contributed by atoms with E-state index in [0.717, 1.165) is 5.56 Å². The molecule has 0 bridgehead atoms. The van der Waals surface area contributed by atoms with E-state index in [1.54, 1.807) is 44.2 Å².